The summed E-state index contributed by atoms with van der Waals surface area (Å²) in [5.41, 5.74) is 1.64. The monoisotopic (exact) mass is 418 g/mol. The molecule has 0 bridgehead atoms. The van der Waals surface area contributed by atoms with E-state index >= 15 is 0 Å². The summed E-state index contributed by atoms with van der Waals surface area (Å²) in [5.74, 6) is 1.40. The zero-order valence-corrected chi connectivity index (χ0v) is 18.5. The average molecular weight is 419 g/mol. The topological polar surface area (TPSA) is 50.3 Å². The predicted octanol–water partition coefficient (Wildman–Crippen LogP) is 5.80. The van der Waals surface area contributed by atoms with Crippen molar-refractivity contribution in [2.24, 2.45) is 17.8 Å². The zero-order chi connectivity index (χ0) is 21.2. The number of pyridine rings is 1. The fourth-order valence-electron chi connectivity index (χ4n) is 6.44. The van der Waals surface area contributed by atoms with E-state index in [0.29, 0.717) is 11.8 Å². The number of ketones is 1. The number of fused-ring (bicyclic) bond motifs is 1. The first kappa shape index (κ1) is 20.7. The lowest BCUT2D eigenvalue weighted by Gasteiger charge is -2.35. The Kier molecular flexibility index (Phi) is 6.06. The van der Waals surface area contributed by atoms with Crippen LogP contribution in [0.2, 0.25) is 0 Å². The molecule has 1 aromatic heterocycles. The lowest BCUT2D eigenvalue weighted by molar-refractivity contribution is -0.137. The molecular formula is C27H34N2O2. The van der Waals surface area contributed by atoms with E-state index in [1.54, 1.807) is 6.20 Å². The molecule has 1 aliphatic heterocycles. The minimum absolute atomic E-state index is 0.120. The number of benzene rings is 1. The first-order valence-corrected chi connectivity index (χ1v) is 12.4. The molecule has 2 saturated carbocycles. The van der Waals surface area contributed by atoms with Crippen LogP contribution in [0.25, 0.3) is 10.9 Å². The van der Waals surface area contributed by atoms with Crippen LogP contribution < -0.4 is 0 Å². The summed E-state index contributed by atoms with van der Waals surface area (Å²) in [6.45, 7) is 0.752. The lowest BCUT2D eigenvalue weighted by Crippen LogP contribution is -2.47. The number of rotatable bonds is 4. The van der Waals surface area contributed by atoms with Gasteiger partial charge in [0.15, 0.2) is 5.78 Å². The molecule has 2 atom stereocenters. The Labute approximate surface area is 185 Å². The third-order valence-electron chi connectivity index (χ3n) is 8.09. The molecule has 2 heterocycles. The van der Waals surface area contributed by atoms with Crippen LogP contribution in [0.3, 0.4) is 0 Å². The number of Topliss-reactive ketones (excluding diaryl/α,β-unsaturated/α-hetero) is 1. The molecule has 3 fully saturated rings. The van der Waals surface area contributed by atoms with Gasteiger partial charge in [-0.25, -0.2) is 0 Å². The molecule has 0 unspecified atom stereocenters. The number of hydrogen-bond acceptors (Lipinski definition) is 3. The maximum atomic E-state index is 13.9. The summed E-state index contributed by atoms with van der Waals surface area (Å²) >= 11 is 0. The Hall–Kier alpha value is -2.23. The standard InChI is InChI=1S/C27H34N2O2/c30-26(22-13-14-24-21(18-22)12-7-16-28-24)25-23(19-8-3-1-4-9-19)15-17-29(25)27(31)20-10-5-2-6-11-20/h7,12-14,16,18-20,23,25H,1-6,8-11,15,17H2/t23-,25-/m0/s1. The van der Waals surface area contributed by atoms with Crippen LogP contribution >= 0.6 is 0 Å². The van der Waals surface area contributed by atoms with Crippen molar-refractivity contribution in [1.29, 1.82) is 0 Å². The molecule has 4 nitrogen and oxygen atoms in total. The van der Waals surface area contributed by atoms with Crippen LogP contribution in [-0.4, -0.2) is 34.2 Å². The summed E-state index contributed by atoms with van der Waals surface area (Å²) in [5, 5.41) is 0.991. The van der Waals surface area contributed by atoms with Crippen LogP contribution in [0, 0.1) is 17.8 Å². The molecule has 31 heavy (non-hydrogen) atoms. The number of likely N-dealkylation sites (tertiary alicyclic amines) is 1. The fraction of sp³-hybridized carbons (Fsp3) is 0.593. The first-order chi connectivity index (χ1) is 15.2. The number of aromatic nitrogens is 1. The van der Waals surface area contributed by atoms with E-state index in [2.05, 4.69) is 4.98 Å². The number of carbonyl (C=O) groups is 2. The molecule has 4 heteroatoms. The van der Waals surface area contributed by atoms with E-state index in [1.807, 2.05) is 35.2 Å². The van der Waals surface area contributed by atoms with Gasteiger partial charge >= 0.3 is 0 Å². The Balaban J connectivity index is 1.46. The molecular weight excluding hydrogens is 384 g/mol. The zero-order valence-electron chi connectivity index (χ0n) is 18.5. The van der Waals surface area contributed by atoms with Gasteiger partial charge in [0, 0.05) is 29.6 Å². The van der Waals surface area contributed by atoms with E-state index < -0.39 is 0 Å². The van der Waals surface area contributed by atoms with Gasteiger partial charge in [-0.3, -0.25) is 14.6 Å². The van der Waals surface area contributed by atoms with Crippen molar-refractivity contribution >= 4 is 22.6 Å². The van der Waals surface area contributed by atoms with E-state index in [4.69, 9.17) is 0 Å². The number of hydrogen-bond donors (Lipinski definition) is 0. The highest BCUT2D eigenvalue weighted by Crippen LogP contribution is 2.41. The van der Waals surface area contributed by atoms with Gasteiger partial charge in [-0.15, -0.1) is 0 Å². The molecule has 0 radical (unpaired) electrons. The molecule has 2 aromatic rings. The van der Waals surface area contributed by atoms with Crippen LogP contribution in [0.4, 0.5) is 0 Å². The quantitative estimate of drug-likeness (QED) is 0.590. The molecule has 1 amide bonds. The predicted molar refractivity (Wildman–Crippen MR) is 123 cm³/mol. The van der Waals surface area contributed by atoms with Gasteiger partial charge in [0.25, 0.3) is 0 Å². The molecule has 1 saturated heterocycles. The Morgan fingerprint density at radius 1 is 0.871 bits per heavy atom. The van der Waals surface area contributed by atoms with Crippen LogP contribution in [0.1, 0.15) is 81.0 Å². The number of carbonyl (C=O) groups excluding carboxylic acids is 2. The Morgan fingerprint density at radius 2 is 1.61 bits per heavy atom. The largest absolute Gasteiger partial charge is 0.332 e. The maximum absolute atomic E-state index is 13.9. The molecule has 5 rings (SSSR count). The van der Waals surface area contributed by atoms with E-state index in [0.717, 1.165) is 55.1 Å². The average Bonchev–Trinajstić information content (AvgIpc) is 3.29. The summed E-state index contributed by atoms with van der Waals surface area (Å²) in [4.78, 5) is 33.9. The highest BCUT2D eigenvalue weighted by molar-refractivity contribution is 6.04. The highest BCUT2D eigenvalue weighted by Gasteiger charge is 2.46. The summed E-state index contributed by atoms with van der Waals surface area (Å²) in [6.07, 6.45) is 14.5. The second kappa shape index (κ2) is 9.10. The van der Waals surface area contributed by atoms with Gasteiger partial charge in [-0.1, -0.05) is 57.4 Å². The van der Waals surface area contributed by atoms with Crippen molar-refractivity contribution in [2.75, 3.05) is 6.54 Å². The smallest absolute Gasteiger partial charge is 0.226 e. The minimum atomic E-state index is -0.286. The van der Waals surface area contributed by atoms with Gasteiger partial charge in [0.2, 0.25) is 5.91 Å². The van der Waals surface area contributed by atoms with E-state index in [1.165, 1.54) is 38.5 Å². The molecule has 0 spiro atoms. The molecule has 1 aromatic carbocycles. The second-order valence-electron chi connectivity index (χ2n) is 9.94. The molecule has 2 aliphatic carbocycles. The summed E-state index contributed by atoms with van der Waals surface area (Å²) < 4.78 is 0. The third kappa shape index (κ3) is 4.14. The van der Waals surface area contributed by atoms with Gasteiger partial charge in [-0.05, 0) is 55.4 Å². The summed E-state index contributed by atoms with van der Waals surface area (Å²) in [6, 6.07) is 9.47. The van der Waals surface area contributed by atoms with Crippen molar-refractivity contribution in [1.82, 2.24) is 9.88 Å². The van der Waals surface area contributed by atoms with Gasteiger partial charge < -0.3 is 4.90 Å². The first-order valence-electron chi connectivity index (χ1n) is 12.4. The normalized spacial score (nSPS) is 25.7. The van der Waals surface area contributed by atoms with Crippen molar-refractivity contribution in [2.45, 2.75) is 76.7 Å². The van der Waals surface area contributed by atoms with Crippen LogP contribution in [0.5, 0.6) is 0 Å². The highest BCUT2D eigenvalue weighted by atomic mass is 16.2. The number of amides is 1. The van der Waals surface area contributed by atoms with Crippen molar-refractivity contribution in [3.8, 4) is 0 Å². The van der Waals surface area contributed by atoms with Crippen molar-refractivity contribution < 1.29 is 9.59 Å². The number of nitrogens with zero attached hydrogens (tertiary/aromatic N) is 2. The van der Waals surface area contributed by atoms with Crippen molar-refractivity contribution in [3.05, 3.63) is 42.1 Å². The minimum Gasteiger partial charge on any atom is -0.332 e. The molecule has 0 N–H and O–H groups in total. The maximum Gasteiger partial charge on any atom is 0.226 e. The third-order valence-corrected chi connectivity index (χ3v) is 8.09. The van der Waals surface area contributed by atoms with Gasteiger partial charge in [0.1, 0.15) is 0 Å². The summed E-state index contributed by atoms with van der Waals surface area (Å²) in [7, 11) is 0. The molecule has 164 valence electrons. The van der Waals surface area contributed by atoms with Crippen molar-refractivity contribution in [3.63, 3.8) is 0 Å². The van der Waals surface area contributed by atoms with Gasteiger partial charge in [-0.2, -0.15) is 0 Å². The van der Waals surface area contributed by atoms with Gasteiger partial charge in [0.05, 0.1) is 11.6 Å². The van der Waals surface area contributed by atoms with Crippen LogP contribution in [0.15, 0.2) is 36.5 Å². The Morgan fingerprint density at radius 3 is 2.39 bits per heavy atom. The van der Waals surface area contributed by atoms with Crippen LogP contribution in [-0.2, 0) is 4.79 Å². The van der Waals surface area contributed by atoms with E-state index in [9.17, 15) is 9.59 Å². The van der Waals surface area contributed by atoms with E-state index in [-0.39, 0.29) is 23.7 Å². The SMILES string of the molecule is O=C(c1ccc2ncccc2c1)[C@@H]1[C@H](C2CCCCC2)CCN1C(=O)C1CCCCC1. The molecule has 3 aliphatic rings. The second-order valence-corrected chi connectivity index (χ2v) is 9.94. The Bertz CT molecular complexity index is 943. The lowest BCUT2D eigenvalue weighted by atomic mass is 9.75. The fourth-order valence-corrected chi connectivity index (χ4v) is 6.44.